The molecule has 0 radical (unpaired) electrons. The van der Waals surface area contributed by atoms with Gasteiger partial charge in [-0.2, -0.15) is 5.26 Å². The van der Waals surface area contributed by atoms with Crippen LogP contribution in [0, 0.1) is 11.3 Å². The third-order valence-electron chi connectivity index (χ3n) is 4.53. The molecule has 0 saturated heterocycles. The Bertz CT molecular complexity index is 987. The summed E-state index contributed by atoms with van der Waals surface area (Å²) in [5.41, 5.74) is 1.08. The monoisotopic (exact) mass is 434 g/mol. The molecule has 3 rings (SSSR count). The number of benzene rings is 1. The fraction of sp³-hybridized carbons (Fsp3) is 0.400. The van der Waals surface area contributed by atoms with Crippen LogP contribution in [0.4, 0.5) is 0 Å². The Kier molecular flexibility index (Phi) is 6.46. The number of aryl methyl sites for hydroxylation is 1. The number of halogens is 2. The highest BCUT2D eigenvalue weighted by molar-refractivity contribution is 6.57. The molecule has 1 aromatic heterocycles. The number of carbonyl (C=O) groups is 1. The lowest BCUT2D eigenvalue weighted by molar-refractivity contribution is -0.134. The highest BCUT2D eigenvalue weighted by atomic mass is 35.5. The van der Waals surface area contributed by atoms with Crippen molar-refractivity contribution >= 4 is 40.8 Å². The van der Waals surface area contributed by atoms with E-state index in [1.807, 2.05) is 4.57 Å². The Morgan fingerprint density at radius 1 is 1.28 bits per heavy atom. The van der Waals surface area contributed by atoms with Gasteiger partial charge in [-0.05, 0) is 43.5 Å². The van der Waals surface area contributed by atoms with Gasteiger partial charge in [0.2, 0.25) is 4.33 Å². The Balaban J connectivity index is 1.92. The Morgan fingerprint density at radius 2 is 2.07 bits per heavy atom. The molecule has 7 nitrogen and oxygen atoms in total. The van der Waals surface area contributed by atoms with Gasteiger partial charge in [0.05, 0.1) is 12.7 Å². The molecule has 29 heavy (non-hydrogen) atoms. The van der Waals surface area contributed by atoms with Crippen molar-refractivity contribution in [3.8, 4) is 17.6 Å². The van der Waals surface area contributed by atoms with E-state index in [1.54, 1.807) is 24.3 Å². The van der Waals surface area contributed by atoms with E-state index in [0.717, 1.165) is 38.1 Å². The van der Waals surface area contributed by atoms with E-state index < -0.39 is 10.3 Å². The van der Waals surface area contributed by atoms with Crippen LogP contribution in [0.2, 0.25) is 0 Å². The molecule has 0 saturated carbocycles. The van der Waals surface area contributed by atoms with Gasteiger partial charge in [0.25, 0.3) is 0 Å². The molecule has 0 amide bonds. The van der Waals surface area contributed by atoms with Crippen molar-refractivity contribution < 1.29 is 14.3 Å². The predicted octanol–water partition coefficient (Wildman–Crippen LogP) is 4.18. The zero-order chi connectivity index (χ0) is 21.0. The molecule has 0 bridgehead atoms. The second-order valence-electron chi connectivity index (χ2n) is 6.76. The maximum atomic E-state index is 11.9. The van der Waals surface area contributed by atoms with Crippen LogP contribution in [0.5, 0.6) is 11.5 Å². The van der Waals surface area contributed by atoms with Gasteiger partial charge in [0.15, 0.2) is 17.3 Å². The number of hydrogen-bond acceptors (Lipinski definition) is 6. The molecule has 2 aromatic rings. The molecule has 9 heteroatoms. The summed E-state index contributed by atoms with van der Waals surface area (Å²) in [5, 5.41) is 18.2. The molecule has 0 spiro atoms. The highest BCUT2D eigenvalue weighted by Crippen LogP contribution is 2.32. The smallest absolute Gasteiger partial charge is 0.347 e. The molecular formula is C20H20Cl2N4O3. The van der Waals surface area contributed by atoms with Gasteiger partial charge in [0.1, 0.15) is 11.9 Å². The quantitative estimate of drug-likeness (QED) is 0.303. The number of allylic oxidation sites excluding steroid dienone is 1. The molecule has 0 fully saturated rings. The molecule has 0 aliphatic carbocycles. The number of carbonyl (C=O) groups excluding carboxylic acids is 1. The molecule has 1 aliphatic rings. The maximum Gasteiger partial charge on any atom is 0.347 e. The third kappa shape index (κ3) is 4.89. The van der Waals surface area contributed by atoms with E-state index in [2.05, 4.69) is 16.3 Å². The van der Waals surface area contributed by atoms with E-state index in [-0.39, 0.29) is 5.75 Å². The highest BCUT2D eigenvalue weighted by Gasteiger charge is 2.30. The second kappa shape index (κ2) is 8.85. The van der Waals surface area contributed by atoms with Crippen LogP contribution < -0.4 is 9.47 Å². The SMILES string of the molecule is COc1cc(/C=C(\C#N)c2nnc3n2CCCCC3)ccc1OC(=O)C(C)(Cl)Cl. The van der Waals surface area contributed by atoms with Crippen molar-refractivity contribution in [1.29, 1.82) is 5.26 Å². The van der Waals surface area contributed by atoms with Crippen LogP contribution in [0.1, 0.15) is 43.4 Å². The first kappa shape index (κ1) is 21.2. The maximum absolute atomic E-state index is 11.9. The average molecular weight is 435 g/mol. The van der Waals surface area contributed by atoms with Gasteiger partial charge in [0, 0.05) is 13.0 Å². The normalized spacial score (nSPS) is 14.5. The lowest BCUT2D eigenvalue weighted by atomic mass is 10.1. The number of methoxy groups -OCH3 is 1. The van der Waals surface area contributed by atoms with Gasteiger partial charge in [-0.3, -0.25) is 0 Å². The molecule has 0 unspecified atom stereocenters. The first-order valence-corrected chi connectivity index (χ1v) is 9.91. The third-order valence-corrected chi connectivity index (χ3v) is 4.84. The fourth-order valence-corrected chi connectivity index (χ4v) is 3.12. The minimum atomic E-state index is -1.68. The van der Waals surface area contributed by atoms with Crippen molar-refractivity contribution in [3.63, 3.8) is 0 Å². The summed E-state index contributed by atoms with van der Waals surface area (Å²) in [6.45, 7) is 2.12. The van der Waals surface area contributed by atoms with Crippen LogP contribution in [-0.2, 0) is 17.8 Å². The van der Waals surface area contributed by atoms with E-state index in [4.69, 9.17) is 32.7 Å². The Labute approximate surface area is 178 Å². The van der Waals surface area contributed by atoms with Crippen molar-refractivity contribution in [3.05, 3.63) is 35.4 Å². The number of aromatic nitrogens is 3. The zero-order valence-corrected chi connectivity index (χ0v) is 17.6. The molecule has 1 aromatic carbocycles. The number of rotatable bonds is 5. The van der Waals surface area contributed by atoms with E-state index in [9.17, 15) is 10.1 Å². The van der Waals surface area contributed by atoms with Gasteiger partial charge in [-0.15, -0.1) is 10.2 Å². The molecular weight excluding hydrogens is 415 g/mol. The van der Waals surface area contributed by atoms with Crippen LogP contribution in [0.3, 0.4) is 0 Å². The van der Waals surface area contributed by atoms with Crippen molar-refractivity contribution in [2.24, 2.45) is 0 Å². The van der Waals surface area contributed by atoms with Gasteiger partial charge in [-0.25, -0.2) is 4.79 Å². The minimum absolute atomic E-state index is 0.178. The van der Waals surface area contributed by atoms with Crippen LogP contribution >= 0.6 is 23.2 Å². The van der Waals surface area contributed by atoms with Crippen LogP contribution in [-0.4, -0.2) is 32.2 Å². The first-order chi connectivity index (χ1) is 13.8. The number of nitrogens with zero attached hydrogens (tertiary/aromatic N) is 4. The molecule has 1 aliphatic heterocycles. The number of nitriles is 1. The van der Waals surface area contributed by atoms with Crippen LogP contribution in [0.25, 0.3) is 11.6 Å². The predicted molar refractivity (Wildman–Crippen MR) is 110 cm³/mol. The van der Waals surface area contributed by atoms with E-state index in [0.29, 0.717) is 22.7 Å². The average Bonchev–Trinajstić information content (AvgIpc) is 2.93. The number of ether oxygens (including phenoxy) is 2. The minimum Gasteiger partial charge on any atom is -0.493 e. The first-order valence-electron chi connectivity index (χ1n) is 9.16. The fourth-order valence-electron chi connectivity index (χ4n) is 3.05. The summed E-state index contributed by atoms with van der Waals surface area (Å²) in [5.74, 6) is 1.13. The summed E-state index contributed by atoms with van der Waals surface area (Å²) in [4.78, 5) is 11.9. The summed E-state index contributed by atoms with van der Waals surface area (Å²) < 4.78 is 10.8. The lowest BCUT2D eigenvalue weighted by Gasteiger charge is -2.14. The Hall–Kier alpha value is -2.56. The summed E-state index contributed by atoms with van der Waals surface area (Å²) in [6.07, 6.45) is 5.80. The summed E-state index contributed by atoms with van der Waals surface area (Å²) in [7, 11) is 1.45. The number of alkyl halides is 2. The van der Waals surface area contributed by atoms with Crippen molar-refractivity contribution in [2.75, 3.05) is 7.11 Å². The topological polar surface area (TPSA) is 90.0 Å². The standard InChI is InChI=1S/C20H20Cl2N4O3/c1-20(21,22)19(27)29-15-8-7-13(11-16(15)28-2)10-14(12-23)18-25-24-17-6-4-3-5-9-26(17)18/h7-8,10-11H,3-6,9H2,1-2H3/b14-10+. The second-order valence-corrected chi connectivity index (χ2v) is 8.47. The summed E-state index contributed by atoms with van der Waals surface area (Å²) >= 11 is 11.5. The lowest BCUT2D eigenvalue weighted by Crippen LogP contribution is -2.27. The van der Waals surface area contributed by atoms with Gasteiger partial charge < -0.3 is 14.0 Å². The van der Waals surface area contributed by atoms with Crippen molar-refractivity contribution in [1.82, 2.24) is 14.8 Å². The number of hydrogen-bond donors (Lipinski definition) is 0. The van der Waals surface area contributed by atoms with E-state index in [1.165, 1.54) is 14.0 Å². The molecule has 152 valence electrons. The van der Waals surface area contributed by atoms with Gasteiger partial charge >= 0.3 is 5.97 Å². The molecule has 0 N–H and O–H groups in total. The zero-order valence-electron chi connectivity index (χ0n) is 16.1. The van der Waals surface area contributed by atoms with Crippen molar-refractivity contribution in [2.45, 2.75) is 43.5 Å². The van der Waals surface area contributed by atoms with Gasteiger partial charge in [-0.1, -0.05) is 35.7 Å². The molecule has 0 atom stereocenters. The molecule has 2 heterocycles. The number of fused-ring (bicyclic) bond motifs is 1. The number of esters is 1. The van der Waals surface area contributed by atoms with E-state index >= 15 is 0 Å². The Morgan fingerprint density at radius 3 is 2.76 bits per heavy atom. The largest absolute Gasteiger partial charge is 0.493 e. The summed E-state index contributed by atoms with van der Waals surface area (Å²) in [6, 6.07) is 7.11. The van der Waals surface area contributed by atoms with Crippen LogP contribution in [0.15, 0.2) is 18.2 Å².